The average Bonchev–Trinajstić information content (AvgIpc) is 3.14. The van der Waals surface area contributed by atoms with E-state index >= 15 is 0 Å². The molecular formula is C21H19Cl2N5O2S. The first-order valence-electron chi connectivity index (χ1n) is 9.64. The lowest BCUT2D eigenvalue weighted by Crippen LogP contribution is -2.49. The third kappa shape index (κ3) is 5.33. The molecule has 3 aromatic rings. The first kappa shape index (κ1) is 21.5. The Morgan fingerprint density at radius 1 is 1.03 bits per heavy atom. The molecule has 0 saturated carbocycles. The second-order valence-corrected chi connectivity index (χ2v) is 9.27. The van der Waals surface area contributed by atoms with Crippen LogP contribution in [0.1, 0.15) is 15.9 Å². The number of rotatable bonds is 5. The Morgan fingerprint density at radius 2 is 1.71 bits per heavy atom. The SMILES string of the molecule is O=C(Nc1ccc(CC(=O)N2CCN(c3ncccn3)CC2)cc1)c1cc(Cl)sc1Cl. The first-order valence-corrected chi connectivity index (χ1v) is 11.2. The van der Waals surface area contributed by atoms with Crippen LogP contribution in [0.25, 0.3) is 0 Å². The van der Waals surface area contributed by atoms with Gasteiger partial charge in [0.2, 0.25) is 11.9 Å². The zero-order valence-corrected chi connectivity index (χ0v) is 18.8. The predicted octanol–water partition coefficient (Wildman–Crippen LogP) is 3.99. The predicted molar refractivity (Wildman–Crippen MR) is 123 cm³/mol. The van der Waals surface area contributed by atoms with Crippen LogP contribution in [-0.4, -0.2) is 52.9 Å². The Balaban J connectivity index is 1.29. The molecule has 0 unspecified atom stereocenters. The van der Waals surface area contributed by atoms with E-state index in [0.29, 0.717) is 58.5 Å². The standard InChI is InChI=1S/C21H19Cl2N5O2S/c22-17-13-16(19(23)31-17)20(30)26-15-4-2-14(3-5-15)12-18(29)27-8-10-28(11-9-27)21-24-6-1-7-25-21/h1-7,13H,8-12H2,(H,26,30). The third-order valence-electron chi connectivity index (χ3n) is 4.94. The van der Waals surface area contributed by atoms with Crippen molar-refractivity contribution in [3.05, 3.63) is 68.6 Å². The van der Waals surface area contributed by atoms with Crippen molar-refractivity contribution in [3.63, 3.8) is 0 Å². The van der Waals surface area contributed by atoms with Gasteiger partial charge in [-0.25, -0.2) is 9.97 Å². The quantitative estimate of drug-likeness (QED) is 0.603. The number of amides is 2. The van der Waals surface area contributed by atoms with Crippen molar-refractivity contribution in [1.29, 1.82) is 0 Å². The average molecular weight is 476 g/mol. The molecule has 4 rings (SSSR count). The van der Waals surface area contributed by atoms with E-state index in [1.54, 1.807) is 36.7 Å². The van der Waals surface area contributed by atoms with Crippen LogP contribution in [0.3, 0.4) is 0 Å². The van der Waals surface area contributed by atoms with Crippen LogP contribution in [0.4, 0.5) is 11.6 Å². The molecule has 1 fully saturated rings. The molecule has 1 aromatic carbocycles. The number of hydrogen-bond acceptors (Lipinski definition) is 6. The van der Waals surface area contributed by atoms with Crippen LogP contribution in [0, 0.1) is 0 Å². The molecule has 0 bridgehead atoms. The fourth-order valence-electron chi connectivity index (χ4n) is 3.30. The maximum Gasteiger partial charge on any atom is 0.258 e. The smallest absolute Gasteiger partial charge is 0.258 e. The molecule has 0 radical (unpaired) electrons. The topological polar surface area (TPSA) is 78.4 Å². The van der Waals surface area contributed by atoms with Gasteiger partial charge < -0.3 is 15.1 Å². The summed E-state index contributed by atoms with van der Waals surface area (Å²) in [5.41, 5.74) is 1.85. The third-order valence-corrected chi connectivity index (χ3v) is 6.42. The highest BCUT2D eigenvalue weighted by molar-refractivity contribution is 7.20. The van der Waals surface area contributed by atoms with E-state index in [9.17, 15) is 9.59 Å². The molecule has 160 valence electrons. The van der Waals surface area contributed by atoms with Gasteiger partial charge in [0, 0.05) is 44.3 Å². The maximum absolute atomic E-state index is 12.7. The highest BCUT2D eigenvalue weighted by atomic mass is 35.5. The van der Waals surface area contributed by atoms with E-state index < -0.39 is 0 Å². The van der Waals surface area contributed by atoms with Gasteiger partial charge in [0.05, 0.1) is 16.3 Å². The van der Waals surface area contributed by atoms with Crippen molar-refractivity contribution in [1.82, 2.24) is 14.9 Å². The summed E-state index contributed by atoms with van der Waals surface area (Å²) in [6, 6.07) is 10.5. The van der Waals surface area contributed by atoms with Crippen LogP contribution in [0.15, 0.2) is 48.8 Å². The summed E-state index contributed by atoms with van der Waals surface area (Å²) in [6.45, 7) is 2.68. The van der Waals surface area contributed by atoms with E-state index in [-0.39, 0.29) is 11.8 Å². The first-order chi connectivity index (χ1) is 15.0. The Kier molecular flexibility index (Phi) is 6.70. The normalized spacial score (nSPS) is 13.9. The van der Waals surface area contributed by atoms with E-state index in [1.807, 2.05) is 17.0 Å². The number of carbonyl (C=O) groups excluding carboxylic acids is 2. The fraction of sp³-hybridized carbons (Fsp3) is 0.238. The second-order valence-electron chi connectivity index (χ2n) is 6.98. The van der Waals surface area contributed by atoms with Gasteiger partial charge in [-0.05, 0) is 29.8 Å². The number of anilines is 2. The summed E-state index contributed by atoms with van der Waals surface area (Å²) >= 11 is 13.1. The van der Waals surface area contributed by atoms with Crippen molar-refractivity contribution in [2.24, 2.45) is 0 Å². The number of carbonyl (C=O) groups is 2. The number of benzene rings is 1. The molecular weight excluding hydrogens is 457 g/mol. The van der Waals surface area contributed by atoms with Crippen molar-refractivity contribution in [2.75, 3.05) is 36.4 Å². The summed E-state index contributed by atoms with van der Waals surface area (Å²) in [7, 11) is 0. The van der Waals surface area contributed by atoms with Crippen LogP contribution < -0.4 is 10.2 Å². The van der Waals surface area contributed by atoms with Crippen LogP contribution in [0.5, 0.6) is 0 Å². The minimum Gasteiger partial charge on any atom is -0.339 e. The molecule has 3 heterocycles. The maximum atomic E-state index is 12.7. The lowest BCUT2D eigenvalue weighted by atomic mass is 10.1. The number of hydrogen-bond donors (Lipinski definition) is 1. The Hall–Kier alpha value is -2.68. The van der Waals surface area contributed by atoms with Gasteiger partial charge in [-0.3, -0.25) is 9.59 Å². The van der Waals surface area contributed by atoms with Gasteiger partial charge in [0.25, 0.3) is 5.91 Å². The monoisotopic (exact) mass is 475 g/mol. The molecule has 0 spiro atoms. The number of aromatic nitrogens is 2. The summed E-state index contributed by atoms with van der Waals surface area (Å²) in [5.74, 6) is 0.445. The molecule has 7 nitrogen and oxygen atoms in total. The van der Waals surface area contributed by atoms with E-state index in [1.165, 1.54) is 0 Å². The van der Waals surface area contributed by atoms with Crippen molar-refractivity contribution in [3.8, 4) is 0 Å². The van der Waals surface area contributed by atoms with Crippen molar-refractivity contribution >= 4 is 58.0 Å². The molecule has 2 aromatic heterocycles. The Bertz CT molecular complexity index is 1070. The van der Waals surface area contributed by atoms with Crippen molar-refractivity contribution in [2.45, 2.75) is 6.42 Å². The number of piperazine rings is 1. The van der Waals surface area contributed by atoms with E-state index in [2.05, 4.69) is 20.2 Å². The summed E-state index contributed by atoms with van der Waals surface area (Å²) in [6.07, 6.45) is 3.74. The van der Waals surface area contributed by atoms with Crippen LogP contribution in [0.2, 0.25) is 8.67 Å². The minimum atomic E-state index is -0.322. The van der Waals surface area contributed by atoms with Gasteiger partial charge >= 0.3 is 0 Å². The highest BCUT2D eigenvalue weighted by Gasteiger charge is 2.22. The lowest BCUT2D eigenvalue weighted by Gasteiger charge is -2.34. The molecule has 10 heteroatoms. The Morgan fingerprint density at radius 3 is 2.32 bits per heavy atom. The van der Waals surface area contributed by atoms with Gasteiger partial charge in [-0.2, -0.15) is 0 Å². The number of nitrogens with one attached hydrogen (secondary N) is 1. The summed E-state index contributed by atoms with van der Waals surface area (Å²) in [5, 5.41) is 2.79. The summed E-state index contributed by atoms with van der Waals surface area (Å²) < 4.78 is 0.810. The Labute approximate surface area is 193 Å². The number of nitrogens with zero attached hydrogens (tertiary/aromatic N) is 4. The largest absolute Gasteiger partial charge is 0.339 e. The molecule has 0 aliphatic carbocycles. The molecule has 1 aliphatic rings. The summed E-state index contributed by atoms with van der Waals surface area (Å²) in [4.78, 5) is 37.5. The molecule has 31 heavy (non-hydrogen) atoms. The van der Waals surface area contributed by atoms with Crippen molar-refractivity contribution < 1.29 is 9.59 Å². The molecule has 0 atom stereocenters. The van der Waals surface area contributed by atoms with Gasteiger partial charge in [-0.1, -0.05) is 35.3 Å². The zero-order valence-electron chi connectivity index (χ0n) is 16.4. The van der Waals surface area contributed by atoms with Crippen LogP contribution >= 0.6 is 34.5 Å². The molecule has 1 N–H and O–H groups in total. The molecule has 1 aliphatic heterocycles. The fourth-order valence-corrected chi connectivity index (χ4v) is 4.75. The van der Waals surface area contributed by atoms with E-state index in [4.69, 9.17) is 23.2 Å². The molecule has 1 saturated heterocycles. The zero-order chi connectivity index (χ0) is 21.8. The number of thiophene rings is 1. The minimum absolute atomic E-state index is 0.0742. The number of halogens is 2. The lowest BCUT2D eigenvalue weighted by molar-refractivity contribution is -0.130. The van der Waals surface area contributed by atoms with Gasteiger partial charge in [-0.15, -0.1) is 11.3 Å². The van der Waals surface area contributed by atoms with E-state index in [0.717, 1.165) is 16.9 Å². The van der Waals surface area contributed by atoms with Crippen LogP contribution in [-0.2, 0) is 11.2 Å². The van der Waals surface area contributed by atoms with Gasteiger partial charge in [0.1, 0.15) is 4.34 Å². The molecule has 2 amide bonds. The highest BCUT2D eigenvalue weighted by Crippen LogP contribution is 2.31. The van der Waals surface area contributed by atoms with Gasteiger partial charge in [0.15, 0.2) is 0 Å². The second kappa shape index (κ2) is 9.64.